The van der Waals surface area contributed by atoms with Crippen LogP contribution >= 0.6 is 0 Å². The van der Waals surface area contributed by atoms with Crippen molar-refractivity contribution in [2.45, 2.75) is 70.4 Å². The van der Waals surface area contributed by atoms with Crippen LogP contribution in [0.15, 0.2) is 35.5 Å². The van der Waals surface area contributed by atoms with Gasteiger partial charge >= 0.3 is 0 Å². The van der Waals surface area contributed by atoms with E-state index in [1.54, 1.807) is 12.3 Å². The molecule has 1 aromatic carbocycles. The lowest BCUT2D eigenvalue weighted by Gasteiger charge is -2.36. The average Bonchev–Trinajstić information content (AvgIpc) is 3.27. The fraction of sp³-hybridized carbons (Fsp3) is 0.480. The molecule has 0 atom stereocenters. The fourth-order valence-corrected chi connectivity index (χ4v) is 5.02. The van der Waals surface area contributed by atoms with Gasteiger partial charge in [-0.05, 0) is 42.4 Å². The van der Waals surface area contributed by atoms with Gasteiger partial charge in [-0.1, -0.05) is 33.1 Å². The van der Waals surface area contributed by atoms with Crippen molar-refractivity contribution in [1.29, 1.82) is 0 Å². The van der Waals surface area contributed by atoms with Crippen LogP contribution in [-0.2, 0) is 18.4 Å². The number of rotatable bonds is 3. The zero-order valence-electron chi connectivity index (χ0n) is 19.7. The predicted molar refractivity (Wildman–Crippen MR) is 130 cm³/mol. The molecule has 0 radical (unpaired) electrons. The number of aromatic nitrogens is 3. The van der Waals surface area contributed by atoms with Crippen molar-refractivity contribution in [2.75, 3.05) is 17.7 Å². The monoisotopic (exact) mass is 450 g/mol. The van der Waals surface area contributed by atoms with E-state index in [-0.39, 0.29) is 11.2 Å². The van der Waals surface area contributed by atoms with Crippen LogP contribution in [0.1, 0.15) is 62.8 Å². The zero-order valence-corrected chi connectivity index (χ0v) is 19.7. The maximum absolute atomic E-state index is 10.6. The average molecular weight is 451 g/mol. The normalized spacial score (nSPS) is 16.8. The van der Waals surface area contributed by atoms with Gasteiger partial charge in [0.05, 0.1) is 23.6 Å². The minimum atomic E-state index is -0.245. The molecule has 2 aliphatic rings. The number of hydrogen-bond donors (Lipinski definition) is 3. The third-order valence-corrected chi connectivity index (χ3v) is 6.60. The lowest BCUT2D eigenvalue weighted by molar-refractivity contribution is 0.441. The summed E-state index contributed by atoms with van der Waals surface area (Å²) >= 11 is 0. The summed E-state index contributed by atoms with van der Waals surface area (Å²) in [5.41, 5.74) is 17.0. The number of oxazole rings is 1. The van der Waals surface area contributed by atoms with Crippen molar-refractivity contribution in [3.05, 3.63) is 47.9 Å². The van der Waals surface area contributed by atoms with Gasteiger partial charge in [-0.15, -0.1) is 0 Å². The molecule has 176 valence electrons. The standard InChI is InChI=1S/C19H21N5O2.C6H13N/c1-19(2)6-13-12(16-15(19)18(20)22-9-21-16)4-5-14(25)17(13)24(3)7-11-8-26-10-23-11;7-6-4-2-1-3-5-6/h4-5,8-10,25H,6-7H2,1-3H3,(H2,20,21,22);6H,1-5,7H2. The Balaban J connectivity index is 0.000000318. The van der Waals surface area contributed by atoms with Gasteiger partial charge in [0.15, 0.2) is 6.39 Å². The fourth-order valence-electron chi connectivity index (χ4n) is 5.02. The van der Waals surface area contributed by atoms with E-state index in [9.17, 15) is 5.11 Å². The van der Waals surface area contributed by atoms with E-state index in [1.807, 2.05) is 18.0 Å². The van der Waals surface area contributed by atoms with Crippen LogP contribution in [0.25, 0.3) is 11.3 Å². The largest absolute Gasteiger partial charge is 0.506 e. The molecule has 5 N–H and O–H groups in total. The number of hydrogen-bond acceptors (Lipinski definition) is 8. The molecular formula is C25H34N6O2. The van der Waals surface area contributed by atoms with Crippen LogP contribution in [-0.4, -0.2) is 33.1 Å². The number of phenolic OH excluding ortho intramolecular Hbond substituents is 1. The van der Waals surface area contributed by atoms with E-state index in [4.69, 9.17) is 15.9 Å². The molecular weight excluding hydrogens is 416 g/mol. The van der Waals surface area contributed by atoms with Gasteiger partial charge in [0.1, 0.15) is 24.2 Å². The highest BCUT2D eigenvalue weighted by Crippen LogP contribution is 2.49. The van der Waals surface area contributed by atoms with Gasteiger partial charge in [-0.25, -0.2) is 15.0 Å². The van der Waals surface area contributed by atoms with Crippen molar-refractivity contribution < 1.29 is 9.52 Å². The smallest absolute Gasteiger partial charge is 0.180 e. The summed E-state index contributed by atoms with van der Waals surface area (Å²) in [7, 11) is 1.93. The number of anilines is 2. The second-order valence-electron chi connectivity index (χ2n) is 9.74. The lowest BCUT2D eigenvalue weighted by Crippen LogP contribution is -2.30. The summed E-state index contributed by atoms with van der Waals surface area (Å²) in [6, 6.07) is 4.14. The summed E-state index contributed by atoms with van der Waals surface area (Å²) in [5.74, 6) is 0.743. The van der Waals surface area contributed by atoms with E-state index >= 15 is 0 Å². The summed E-state index contributed by atoms with van der Waals surface area (Å²) in [4.78, 5) is 14.8. The van der Waals surface area contributed by atoms with Crippen LogP contribution in [0.2, 0.25) is 0 Å². The Morgan fingerprint density at radius 3 is 2.55 bits per heavy atom. The van der Waals surface area contributed by atoms with Gasteiger partial charge in [-0.2, -0.15) is 0 Å². The molecule has 5 rings (SSSR count). The van der Waals surface area contributed by atoms with Crippen LogP contribution < -0.4 is 16.4 Å². The first-order valence-electron chi connectivity index (χ1n) is 11.6. The quantitative estimate of drug-likeness (QED) is 0.542. The Kier molecular flexibility index (Phi) is 6.56. The van der Waals surface area contributed by atoms with Crippen molar-refractivity contribution in [2.24, 2.45) is 5.73 Å². The number of nitrogen functional groups attached to an aromatic ring is 1. The number of nitrogens with two attached hydrogens (primary N) is 2. The Morgan fingerprint density at radius 2 is 1.91 bits per heavy atom. The first-order valence-corrected chi connectivity index (χ1v) is 11.6. The van der Waals surface area contributed by atoms with Crippen LogP contribution in [0.5, 0.6) is 5.75 Å². The molecule has 2 aromatic heterocycles. The molecule has 1 fully saturated rings. The molecule has 0 amide bonds. The highest BCUT2D eigenvalue weighted by atomic mass is 16.3. The van der Waals surface area contributed by atoms with E-state index in [2.05, 4.69) is 28.8 Å². The Morgan fingerprint density at radius 1 is 1.15 bits per heavy atom. The first-order chi connectivity index (χ1) is 15.8. The molecule has 0 bridgehead atoms. The van der Waals surface area contributed by atoms with Gasteiger partial charge in [0, 0.05) is 24.2 Å². The molecule has 3 aromatic rings. The van der Waals surface area contributed by atoms with Crippen molar-refractivity contribution in [3.63, 3.8) is 0 Å². The van der Waals surface area contributed by atoms with E-state index in [0.717, 1.165) is 40.2 Å². The van der Waals surface area contributed by atoms with E-state index in [0.29, 0.717) is 18.4 Å². The Hall–Kier alpha value is -3.13. The van der Waals surface area contributed by atoms with Crippen LogP contribution in [0.4, 0.5) is 11.5 Å². The number of phenols is 1. The first kappa shape index (κ1) is 23.0. The van der Waals surface area contributed by atoms with Crippen molar-refractivity contribution >= 4 is 11.5 Å². The second-order valence-corrected chi connectivity index (χ2v) is 9.74. The maximum Gasteiger partial charge on any atom is 0.180 e. The van der Waals surface area contributed by atoms with Crippen LogP contribution in [0.3, 0.4) is 0 Å². The van der Waals surface area contributed by atoms with Gasteiger partial charge in [0.2, 0.25) is 0 Å². The summed E-state index contributed by atoms with van der Waals surface area (Å²) in [5, 5.41) is 10.6. The maximum atomic E-state index is 10.6. The third-order valence-electron chi connectivity index (χ3n) is 6.60. The summed E-state index contributed by atoms with van der Waals surface area (Å²) in [6.07, 6.45) is 11.9. The number of fused-ring (bicyclic) bond motifs is 3. The summed E-state index contributed by atoms with van der Waals surface area (Å²) < 4.78 is 5.06. The zero-order chi connectivity index (χ0) is 23.6. The molecule has 0 saturated heterocycles. The van der Waals surface area contributed by atoms with Crippen LogP contribution in [0, 0.1) is 0 Å². The molecule has 8 nitrogen and oxygen atoms in total. The van der Waals surface area contributed by atoms with Crippen molar-refractivity contribution in [1.82, 2.24) is 15.0 Å². The predicted octanol–water partition coefficient (Wildman–Crippen LogP) is 4.17. The topological polar surface area (TPSA) is 127 Å². The number of benzene rings is 1. The Bertz CT molecular complexity index is 1090. The SMILES string of the molecule is CN(Cc1cocn1)c1c(O)ccc2c1CC(C)(C)c1c(N)ncnc1-2.NC1CCCCC1. The van der Waals surface area contributed by atoms with Gasteiger partial charge in [-0.3, -0.25) is 0 Å². The number of aromatic hydroxyl groups is 1. The van der Waals surface area contributed by atoms with E-state index < -0.39 is 0 Å². The van der Waals surface area contributed by atoms with Crippen molar-refractivity contribution in [3.8, 4) is 17.0 Å². The highest BCUT2D eigenvalue weighted by Gasteiger charge is 2.36. The second kappa shape index (κ2) is 9.39. The molecule has 1 saturated carbocycles. The molecule has 33 heavy (non-hydrogen) atoms. The molecule has 2 aliphatic carbocycles. The molecule has 8 heteroatoms. The summed E-state index contributed by atoms with van der Waals surface area (Å²) in [6.45, 7) is 4.78. The minimum absolute atomic E-state index is 0.232. The van der Waals surface area contributed by atoms with Gasteiger partial charge in [0.25, 0.3) is 0 Å². The Labute approximate surface area is 195 Å². The molecule has 0 spiro atoms. The lowest BCUT2D eigenvalue weighted by atomic mass is 9.71. The van der Waals surface area contributed by atoms with E-state index in [1.165, 1.54) is 44.8 Å². The molecule has 2 heterocycles. The minimum Gasteiger partial charge on any atom is -0.506 e. The molecule has 0 aliphatic heterocycles. The number of nitrogens with zero attached hydrogens (tertiary/aromatic N) is 4. The third kappa shape index (κ3) is 4.80. The highest BCUT2D eigenvalue weighted by molar-refractivity contribution is 5.82. The van der Waals surface area contributed by atoms with Gasteiger partial charge < -0.3 is 25.9 Å². The molecule has 0 unspecified atom stereocenters.